The van der Waals surface area contributed by atoms with Crippen molar-refractivity contribution < 1.29 is 155 Å². The first-order valence-electron chi connectivity index (χ1n) is 51.3. The second-order valence-electron chi connectivity index (χ2n) is 35.1. The number of hydrogen-bond donors (Lipinski definition) is 4. The molecular formula is C103H183N6O31S+. The average molecular weight is 2030 g/mol. The number of quaternary nitrogens is 1. The quantitative estimate of drug-likeness (QED) is 0.0207. The van der Waals surface area contributed by atoms with E-state index in [1.165, 1.54) is 54.3 Å². The number of methoxy groups -OCH3 is 1. The lowest BCUT2D eigenvalue weighted by Gasteiger charge is -2.27. The first kappa shape index (κ1) is 129. The Morgan fingerprint density at radius 1 is 0.390 bits per heavy atom. The summed E-state index contributed by atoms with van der Waals surface area (Å²) >= 11 is 0. The predicted molar refractivity (Wildman–Crippen MR) is 539 cm³/mol. The van der Waals surface area contributed by atoms with Gasteiger partial charge in [-0.05, 0) is 137 Å². The summed E-state index contributed by atoms with van der Waals surface area (Å²) in [7, 11) is -3.05. The number of allylic oxidation sites excluding steroid dienone is 6. The van der Waals surface area contributed by atoms with Gasteiger partial charge in [-0.1, -0.05) is 56.2 Å². The Kier molecular flexibility index (Phi) is 80.1. The van der Waals surface area contributed by atoms with Crippen molar-refractivity contribution in [1.82, 2.24) is 16.0 Å². The summed E-state index contributed by atoms with van der Waals surface area (Å²) in [6.45, 7) is 51.8. The number of rotatable bonds is 97. The highest BCUT2D eigenvalue weighted by molar-refractivity contribution is 7.85. The molecular weight excluding hydrogens is 1850 g/mol. The van der Waals surface area contributed by atoms with E-state index in [4.69, 9.17) is 118 Å². The maximum atomic E-state index is 12.8. The van der Waals surface area contributed by atoms with Crippen LogP contribution in [0.15, 0.2) is 77.4 Å². The normalized spacial score (nSPS) is 13.8. The summed E-state index contributed by atoms with van der Waals surface area (Å²) < 4.78 is 177. The van der Waals surface area contributed by atoms with Crippen LogP contribution < -0.4 is 25.8 Å². The molecule has 4 rings (SSSR count). The lowest BCUT2D eigenvalue weighted by Crippen LogP contribution is -3.11. The molecule has 0 spiro atoms. The zero-order valence-corrected chi connectivity index (χ0v) is 88.8. The number of benzene rings is 2. The van der Waals surface area contributed by atoms with E-state index in [-0.39, 0.29) is 22.1 Å². The summed E-state index contributed by atoms with van der Waals surface area (Å²) in [4.78, 5) is 41.2. The number of unbranched alkanes of at least 4 members (excludes halogenated alkanes) is 6. The first-order valence-corrected chi connectivity index (χ1v) is 52.7. The number of fused-ring (bicyclic) bond motifs is 2. The van der Waals surface area contributed by atoms with Crippen LogP contribution >= 0.6 is 0 Å². The molecule has 0 fully saturated rings. The van der Waals surface area contributed by atoms with Crippen molar-refractivity contribution in [3.05, 3.63) is 89.2 Å². The van der Waals surface area contributed by atoms with Gasteiger partial charge in [0.2, 0.25) is 17.5 Å². The van der Waals surface area contributed by atoms with Gasteiger partial charge in [-0.2, -0.15) is 4.58 Å². The third-order valence-electron chi connectivity index (χ3n) is 22.0. The smallest absolute Gasteiger partial charge is 0.407 e. The van der Waals surface area contributed by atoms with Gasteiger partial charge in [0, 0.05) is 87.1 Å². The molecule has 0 aliphatic carbocycles. The van der Waals surface area contributed by atoms with E-state index in [2.05, 4.69) is 103 Å². The average Bonchev–Trinajstić information content (AvgIpc) is 1.59. The molecule has 0 aromatic heterocycles. The van der Waals surface area contributed by atoms with E-state index in [0.717, 1.165) is 74.9 Å². The van der Waals surface area contributed by atoms with Crippen molar-refractivity contribution in [2.75, 3.05) is 375 Å². The molecule has 2 aliphatic rings. The van der Waals surface area contributed by atoms with E-state index in [0.29, 0.717) is 356 Å². The Morgan fingerprint density at radius 3 is 1.06 bits per heavy atom. The molecule has 141 heavy (non-hydrogen) atoms. The molecule has 0 unspecified atom stereocenters. The van der Waals surface area contributed by atoms with Crippen molar-refractivity contribution in [2.45, 2.75) is 168 Å². The van der Waals surface area contributed by atoms with Gasteiger partial charge in [0.15, 0.2) is 5.71 Å². The monoisotopic (exact) mass is 2030 g/mol. The van der Waals surface area contributed by atoms with Crippen LogP contribution in [-0.4, -0.2) is 417 Å². The zero-order chi connectivity index (χ0) is 102. The fraction of sp³-hybridized carbons (Fsp3) is 0.786. The third-order valence-corrected chi connectivity index (χ3v) is 22.9. The summed E-state index contributed by atoms with van der Waals surface area (Å²) in [6, 6.07) is 11.3. The number of nitrogens with one attached hydrogen (secondary N) is 4. The van der Waals surface area contributed by atoms with Crippen molar-refractivity contribution in [3.63, 3.8) is 0 Å². The molecule has 37 nitrogen and oxygen atoms in total. The topological polar surface area (TPSA) is 386 Å². The second-order valence-corrected chi connectivity index (χ2v) is 36.5. The maximum absolute atomic E-state index is 12.8. The molecule has 2 aliphatic heterocycles. The highest BCUT2D eigenvalue weighted by Crippen LogP contribution is 2.48. The SMILES string of the molecule is CC[NH+](CC)CC.COCCOCCOCCOCCOCCOCCOCCOCCOCCOCCOCCOCCOCCOCCOCCOCCOCCOCCOCCOCCOCCOCCOCCOCCNC(=O)CCCCC[N+]1=C(C=CC=CC=C2N(CCCCCC(=O)NCCCCCNC(=O)OC(C)(C)C)c3ccc(C)cc3C2(C)C)C(C)(C)c2cc(S(=O)(=O)[O-])ccc21. The molecule has 3 amide bonds. The van der Waals surface area contributed by atoms with Crippen LogP contribution in [0.4, 0.5) is 16.2 Å². The molecule has 38 heteroatoms. The summed E-state index contributed by atoms with van der Waals surface area (Å²) in [6.07, 6.45) is 18.1. The minimum Gasteiger partial charge on any atom is -0.744 e. The Labute approximate surface area is 844 Å². The molecule has 4 N–H and O–H groups in total. The van der Waals surface area contributed by atoms with Gasteiger partial charge < -0.3 is 149 Å². The second kappa shape index (κ2) is 87.3. The lowest BCUT2D eigenvalue weighted by atomic mass is 9.81. The highest BCUT2D eigenvalue weighted by atomic mass is 32.2. The minimum absolute atomic E-state index is 0.0495. The van der Waals surface area contributed by atoms with Crippen molar-refractivity contribution in [2.24, 2.45) is 0 Å². The van der Waals surface area contributed by atoms with Crippen LogP contribution in [0.3, 0.4) is 0 Å². The molecule has 0 saturated heterocycles. The van der Waals surface area contributed by atoms with Gasteiger partial charge in [0.25, 0.3) is 0 Å². The van der Waals surface area contributed by atoms with Gasteiger partial charge >= 0.3 is 6.09 Å². The number of alkyl carbamates (subject to hydrolysis) is 1. The molecule has 816 valence electrons. The van der Waals surface area contributed by atoms with Gasteiger partial charge in [-0.25, -0.2) is 13.2 Å². The standard InChI is InChI=1S/C97H167N5O31S.C6H15N/c1-84-26-28-88-86(82-84)96(5,6)90(101(88)33-20-11-16-24-92(103)98-30-18-13-19-31-100-94(105)133-95(2,3)4)22-14-10-15-23-91-97(7,8)87-83-85(134(106,107)108)27-29-89(87)102(91)34-21-12-17-25-93(104)99-32-35-110-38-39-112-42-43-114-46-47-116-50-51-118-54-55-120-58-59-122-62-63-124-66-67-126-70-71-128-74-75-130-78-79-132-81-80-131-77-76-129-73-72-127-69-68-125-65-64-123-61-60-121-57-56-119-53-52-117-49-48-115-45-44-113-41-40-111-37-36-109-9;1-4-7(5-2)6-3/h10,14-15,22-23,26-29,82-83H,11-13,16-21,24-25,30-81H2,1-9H3,(H3-,98,99,100,103,104,105,106,107,108);4-6H2,1-3H3/p+1. The van der Waals surface area contributed by atoms with Crippen LogP contribution in [0.2, 0.25) is 0 Å². The van der Waals surface area contributed by atoms with E-state index < -0.39 is 27.2 Å². The molecule has 0 atom stereocenters. The molecule has 0 saturated carbocycles. The van der Waals surface area contributed by atoms with Crippen LogP contribution in [0, 0.1) is 6.92 Å². The van der Waals surface area contributed by atoms with Gasteiger partial charge in [-0.3, -0.25) is 9.59 Å². The van der Waals surface area contributed by atoms with Crippen LogP contribution in [0.1, 0.15) is 157 Å². The number of anilines is 1. The molecule has 2 aromatic rings. The first-order chi connectivity index (χ1) is 68.5. The van der Waals surface area contributed by atoms with E-state index in [1.54, 1.807) is 18.1 Å². The fourth-order valence-corrected chi connectivity index (χ4v) is 14.8. The predicted octanol–water partition coefficient (Wildman–Crippen LogP) is 9.08. The minimum atomic E-state index is -4.69. The molecule has 2 heterocycles. The zero-order valence-electron chi connectivity index (χ0n) is 88.0. The molecule has 0 bridgehead atoms. The number of hydrogen-bond acceptors (Lipinski definition) is 32. The lowest BCUT2D eigenvalue weighted by molar-refractivity contribution is -0.894. The summed E-state index contributed by atoms with van der Waals surface area (Å²) in [5.74, 6) is 0.00756. The number of nitrogens with zero attached hydrogens (tertiary/aromatic N) is 2. The van der Waals surface area contributed by atoms with Crippen molar-refractivity contribution >= 4 is 45.1 Å². The van der Waals surface area contributed by atoms with Gasteiger partial charge in [0.05, 0.1) is 340 Å². The number of amides is 3. The maximum Gasteiger partial charge on any atom is 0.407 e. The van der Waals surface area contributed by atoms with Crippen LogP contribution in [-0.2, 0) is 149 Å². The Morgan fingerprint density at radius 2 is 0.723 bits per heavy atom. The summed E-state index contributed by atoms with van der Waals surface area (Å²) in [5.41, 5.74) is 5.99. The van der Waals surface area contributed by atoms with Crippen molar-refractivity contribution in [1.29, 1.82) is 0 Å². The van der Waals surface area contributed by atoms with Crippen LogP contribution in [0.25, 0.3) is 0 Å². The Hall–Kier alpha value is -5.75. The van der Waals surface area contributed by atoms with Gasteiger partial charge in [-0.15, -0.1) is 0 Å². The van der Waals surface area contributed by atoms with E-state index in [9.17, 15) is 27.4 Å². The van der Waals surface area contributed by atoms with Crippen molar-refractivity contribution in [3.8, 4) is 0 Å². The highest BCUT2D eigenvalue weighted by Gasteiger charge is 2.45. The summed E-state index contributed by atoms with van der Waals surface area (Å²) in [5, 5.41) is 8.77. The Balaban J connectivity index is 0.00000701. The Bertz CT molecular complexity index is 3630. The number of carbonyl (C=O) groups is 3. The number of ether oxygens (including phenoxy) is 25. The van der Waals surface area contributed by atoms with Crippen LogP contribution in [0.5, 0.6) is 0 Å². The molecule has 2 aromatic carbocycles. The van der Waals surface area contributed by atoms with E-state index >= 15 is 0 Å². The largest absolute Gasteiger partial charge is 0.744 e. The third kappa shape index (κ3) is 68.4. The number of aryl methyl sites for hydroxylation is 1. The van der Waals surface area contributed by atoms with E-state index in [1.807, 2.05) is 46.8 Å². The number of carbonyl (C=O) groups excluding carboxylic acids is 3. The molecule has 0 radical (unpaired) electrons. The fourth-order valence-electron chi connectivity index (χ4n) is 14.3. The van der Waals surface area contributed by atoms with Gasteiger partial charge in [0.1, 0.15) is 22.3 Å².